The van der Waals surface area contributed by atoms with E-state index in [2.05, 4.69) is 25.1 Å². The van der Waals surface area contributed by atoms with Crippen LogP contribution in [0.1, 0.15) is 43.2 Å². The molecule has 2 aliphatic carbocycles. The van der Waals surface area contributed by atoms with Crippen molar-refractivity contribution >= 4 is 0 Å². The molecule has 0 aromatic heterocycles. The normalized spacial score (nSPS) is 33.3. The van der Waals surface area contributed by atoms with E-state index < -0.39 is 0 Å². The van der Waals surface area contributed by atoms with E-state index in [4.69, 9.17) is 15.2 Å². The van der Waals surface area contributed by atoms with Crippen molar-refractivity contribution in [3.8, 4) is 5.75 Å². The van der Waals surface area contributed by atoms with Gasteiger partial charge >= 0.3 is 0 Å². The Kier molecular flexibility index (Phi) is 3.06. The largest absolute Gasteiger partial charge is 0.497 e. The summed E-state index contributed by atoms with van der Waals surface area (Å²) in [7, 11) is 3.55. The Hall–Kier alpha value is -1.06. The predicted octanol–water partition coefficient (Wildman–Crippen LogP) is 2.58. The molecule has 4 atom stereocenters. The molecular weight excluding hydrogens is 238 g/mol. The molecule has 1 fully saturated rings. The lowest BCUT2D eigenvalue weighted by atomic mass is 9.73. The number of rotatable bonds is 4. The van der Waals surface area contributed by atoms with Crippen LogP contribution in [0, 0.1) is 0 Å². The first kappa shape index (κ1) is 12.9. The maximum Gasteiger partial charge on any atom is 0.119 e. The van der Waals surface area contributed by atoms with Gasteiger partial charge in [-0.05, 0) is 55.4 Å². The first-order chi connectivity index (χ1) is 9.10. The fourth-order valence-corrected chi connectivity index (χ4v) is 4.33. The highest BCUT2D eigenvalue weighted by atomic mass is 16.5. The summed E-state index contributed by atoms with van der Waals surface area (Å²) in [4.78, 5) is 0. The highest BCUT2D eigenvalue weighted by Crippen LogP contribution is 2.60. The third kappa shape index (κ3) is 1.79. The zero-order chi connectivity index (χ0) is 13.6. The molecule has 2 N–H and O–H groups in total. The quantitative estimate of drug-likeness (QED) is 0.906. The first-order valence-corrected chi connectivity index (χ1v) is 7.07. The Morgan fingerprint density at radius 2 is 2.21 bits per heavy atom. The number of fused-ring (bicyclic) bond motifs is 5. The molecule has 4 unspecified atom stereocenters. The smallest absolute Gasteiger partial charge is 0.119 e. The molecule has 19 heavy (non-hydrogen) atoms. The summed E-state index contributed by atoms with van der Waals surface area (Å²) in [6.07, 6.45) is 3.59. The maximum absolute atomic E-state index is 6.11. The van der Waals surface area contributed by atoms with Gasteiger partial charge in [-0.2, -0.15) is 0 Å². The van der Waals surface area contributed by atoms with Crippen LogP contribution in [-0.2, 0) is 10.2 Å². The molecular formula is C16H23NO2. The molecule has 0 amide bonds. The highest BCUT2D eigenvalue weighted by molar-refractivity contribution is 5.50. The zero-order valence-electron chi connectivity index (χ0n) is 12.0. The summed E-state index contributed by atoms with van der Waals surface area (Å²) in [6, 6.07) is 6.69. The number of hydrogen-bond donors (Lipinski definition) is 1. The summed E-state index contributed by atoms with van der Waals surface area (Å²) in [6.45, 7) is 2.09. The molecule has 1 aromatic rings. The molecule has 0 aliphatic heterocycles. The van der Waals surface area contributed by atoms with Gasteiger partial charge in [-0.15, -0.1) is 0 Å². The molecule has 0 saturated heterocycles. The van der Waals surface area contributed by atoms with E-state index in [-0.39, 0.29) is 11.5 Å². The van der Waals surface area contributed by atoms with Crippen molar-refractivity contribution < 1.29 is 9.47 Å². The second-order valence-corrected chi connectivity index (χ2v) is 6.15. The van der Waals surface area contributed by atoms with Crippen molar-refractivity contribution in [3.63, 3.8) is 0 Å². The summed E-state index contributed by atoms with van der Waals surface area (Å²) in [5, 5.41) is 0. The molecule has 3 rings (SSSR count). The van der Waals surface area contributed by atoms with E-state index >= 15 is 0 Å². The molecule has 1 aromatic carbocycles. The van der Waals surface area contributed by atoms with E-state index in [0.717, 1.165) is 18.6 Å². The van der Waals surface area contributed by atoms with E-state index in [1.807, 2.05) is 7.11 Å². The van der Waals surface area contributed by atoms with E-state index in [1.54, 1.807) is 7.11 Å². The Labute approximate surface area is 115 Å². The highest BCUT2D eigenvalue weighted by Gasteiger charge is 2.55. The Morgan fingerprint density at radius 3 is 2.84 bits per heavy atom. The topological polar surface area (TPSA) is 44.5 Å². The molecule has 0 heterocycles. The first-order valence-electron chi connectivity index (χ1n) is 7.07. The second kappa shape index (κ2) is 4.50. The van der Waals surface area contributed by atoms with Gasteiger partial charge in [0.1, 0.15) is 5.75 Å². The maximum atomic E-state index is 6.11. The molecule has 1 saturated carbocycles. The summed E-state index contributed by atoms with van der Waals surface area (Å²) in [5.41, 5.74) is 9.09. The lowest BCUT2D eigenvalue weighted by molar-refractivity contribution is 0.0425. The summed E-state index contributed by atoms with van der Waals surface area (Å²) >= 11 is 0. The van der Waals surface area contributed by atoms with Crippen LogP contribution in [0.2, 0.25) is 0 Å². The average molecular weight is 261 g/mol. The van der Waals surface area contributed by atoms with E-state index in [0.29, 0.717) is 12.0 Å². The number of benzene rings is 1. The number of nitrogens with two attached hydrogens (primary N) is 1. The second-order valence-electron chi connectivity index (χ2n) is 6.15. The third-order valence-electron chi connectivity index (χ3n) is 4.93. The Bertz CT molecular complexity index is 486. The molecule has 2 aliphatic rings. The summed E-state index contributed by atoms with van der Waals surface area (Å²) < 4.78 is 11.2. The van der Waals surface area contributed by atoms with Crippen molar-refractivity contribution in [2.45, 2.75) is 49.7 Å². The van der Waals surface area contributed by atoms with Gasteiger partial charge in [0.2, 0.25) is 0 Å². The van der Waals surface area contributed by atoms with Crippen molar-refractivity contribution in [3.05, 3.63) is 29.3 Å². The lowest BCUT2D eigenvalue weighted by Crippen LogP contribution is -2.41. The molecule has 3 nitrogen and oxygen atoms in total. The minimum absolute atomic E-state index is 0.0947. The molecule has 3 heteroatoms. The van der Waals surface area contributed by atoms with Crippen LogP contribution in [-0.4, -0.2) is 26.4 Å². The van der Waals surface area contributed by atoms with Crippen LogP contribution in [0.25, 0.3) is 0 Å². The summed E-state index contributed by atoms with van der Waals surface area (Å²) in [5.74, 6) is 1.56. The van der Waals surface area contributed by atoms with Crippen LogP contribution >= 0.6 is 0 Å². The van der Waals surface area contributed by atoms with Gasteiger partial charge in [-0.25, -0.2) is 0 Å². The van der Waals surface area contributed by atoms with Crippen LogP contribution < -0.4 is 10.5 Å². The number of hydrogen-bond acceptors (Lipinski definition) is 3. The molecule has 2 bridgehead atoms. The number of methoxy groups -OCH3 is 2. The lowest BCUT2D eigenvalue weighted by Gasteiger charge is -2.37. The van der Waals surface area contributed by atoms with Crippen molar-refractivity contribution in [2.75, 3.05) is 14.2 Å². The number of ether oxygens (including phenoxy) is 2. The fourth-order valence-electron chi connectivity index (χ4n) is 4.33. The standard InChI is InChI=1S/C16H23NO2/c1-10(17)8-16-9-11(6-15(16)19-3)13-5-4-12(18-2)7-14(13)16/h4-5,7,10-11,15H,6,8-9,17H2,1-3H3. The van der Waals surface area contributed by atoms with Crippen molar-refractivity contribution in [2.24, 2.45) is 5.73 Å². The van der Waals surface area contributed by atoms with Gasteiger partial charge in [-0.3, -0.25) is 0 Å². The molecule has 0 spiro atoms. The van der Waals surface area contributed by atoms with E-state index in [9.17, 15) is 0 Å². The predicted molar refractivity (Wildman–Crippen MR) is 75.7 cm³/mol. The van der Waals surface area contributed by atoms with Crippen LogP contribution in [0.5, 0.6) is 5.75 Å². The Balaban J connectivity index is 2.09. The van der Waals surface area contributed by atoms with Gasteiger partial charge in [0.05, 0.1) is 13.2 Å². The fraction of sp³-hybridized carbons (Fsp3) is 0.625. The monoisotopic (exact) mass is 261 g/mol. The van der Waals surface area contributed by atoms with Gasteiger partial charge in [0.25, 0.3) is 0 Å². The SMILES string of the molecule is COc1ccc2c(c1)C1(CC(C)N)CC2CC1OC. The van der Waals surface area contributed by atoms with Gasteiger partial charge in [0.15, 0.2) is 0 Å². The van der Waals surface area contributed by atoms with Crippen LogP contribution in [0.3, 0.4) is 0 Å². The van der Waals surface area contributed by atoms with Gasteiger partial charge < -0.3 is 15.2 Å². The minimum atomic E-state index is 0.0947. The average Bonchev–Trinajstić information content (AvgIpc) is 2.90. The minimum Gasteiger partial charge on any atom is -0.497 e. The van der Waals surface area contributed by atoms with Crippen LogP contribution in [0.15, 0.2) is 18.2 Å². The van der Waals surface area contributed by atoms with E-state index in [1.165, 1.54) is 17.5 Å². The van der Waals surface area contributed by atoms with Crippen molar-refractivity contribution in [1.29, 1.82) is 0 Å². The van der Waals surface area contributed by atoms with Crippen LogP contribution in [0.4, 0.5) is 0 Å². The zero-order valence-corrected chi connectivity index (χ0v) is 12.0. The van der Waals surface area contributed by atoms with Gasteiger partial charge in [-0.1, -0.05) is 6.07 Å². The Morgan fingerprint density at radius 1 is 1.42 bits per heavy atom. The molecule has 0 radical (unpaired) electrons. The van der Waals surface area contributed by atoms with Gasteiger partial charge in [0, 0.05) is 18.6 Å². The van der Waals surface area contributed by atoms with Crippen molar-refractivity contribution in [1.82, 2.24) is 0 Å². The molecule has 104 valence electrons. The third-order valence-corrected chi connectivity index (χ3v) is 4.93.